The summed E-state index contributed by atoms with van der Waals surface area (Å²) < 4.78 is 40.5. The van der Waals surface area contributed by atoms with Gasteiger partial charge in [0.25, 0.3) is 0 Å². The van der Waals surface area contributed by atoms with Gasteiger partial charge in [-0.1, -0.05) is 19.1 Å². The van der Waals surface area contributed by atoms with Crippen LogP contribution in [0.15, 0.2) is 30.5 Å². The molecule has 9 nitrogen and oxygen atoms in total. The number of methoxy groups -OCH3 is 1. The summed E-state index contributed by atoms with van der Waals surface area (Å²) in [6.07, 6.45) is 5.00. The van der Waals surface area contributed by atoms with E-state index in [0.29, 0.717) is 43.1 Å². The van der Waals surface area contributed by atoms with Crippen LogP contribution in [0.3, 0.4) is 0 Å². The van der Waals surface area contributed by atoms with E-state index in [2.05, 4.69) is 17.2 Å². The molecule has 204 valence electrons. The number of aromatic nitrogens is 1. The molecule has 1 aliphatic rings. The van der Waals surface area contributed by atoms with Gasteiger partial charge in [-0.2, -0.15) is 0 Å². The fourth-order valence-electron chi connectivity index (χ4n) is 4.41. The molecule has 1 fully saturated rings. The predicted octanol–water partition coefficient (Wildman–Crippen LogP) is 4.76. The van der Waals surface area contributed by atoms with Crippen molar-refractivity contribution in [3.63, 3.8) is 0 Å². The quantitative estimate of drug-likeness (QED) is 0.466. The largest absolute Gasteiger partial charge is 0.490 e. The number of hydrogen-bond acceptors (Lipinski definition) is 8. The molecule has 1 aromatic heterocycles. The fraction of sp³-hybridized carbons (Fsp3) is 0.556. The number of likely N-dealkylation sites (tertiary alicyclic amines) is 1. The first-order valence-corrected chi connectivity index (χ1v) is 14.8. The maximum atomic E-state index is 12.4. The Bertz CT molecular complexity index is 1180. The number of nitrogens with zero attached hydrogens (tertiary/aromatic N) is 2. The van der Waals surface area contributed by atoms with Crippen LogP contribution in [0.4, 0.5) is 16.3 Å². The van der Waals surface area contributed by atoms with Gasteiger partial charge in [0, 0.05) is 49.6 Å². The van der Waals surface area contributed by atoms with Crippen molar-refractivity contribution in [3.8, 4) is 11.5 Å². The third-order valence-electron chi connectivity index (χ3n) is 6.33. The highest BCUT2D eigenvalue weighted by molar-refractivity contribution is 7.90. The number of amides is 1. The van der Waals surface area contributed by atoms with E-state index >= 15 is 0 Å². The molecule has 1 saturated heterocycles. The first kappa shape index (κ1) is 28.6. The van der Waals surface area contributed by atoms with E-state index in [1.807, 2.05) is 39.0 Å². The van der Waals surface area contributed by atoms with E-state index < -0.39 is 9.84 Å². The summed E-state index contributed by atoms with van der Waals surface area (Å²) in [4.78, 5) is 18.6. The zero-order valence-electron chi connectivity index (χ0n) is 22.6. The zero-order chi connectivity index (χ0) is 27.2. The van der Waals surface area contributed by atoms with E-state index in [1.165, 1.54) is 6.26 Å². The van der Waals surface area contributed by atoms with Crippen LogP contribution in [0.5, 0.6) is 11.5 Å². The van der Waals surface area contributed by atoms with Crippen molar-refractivity contribution >= 4 is 27.4 Å². The molecule has 0 aliphatic carbocycles. The van der Waals surface area contributed by atoms with Crippen molar-refractivity contribution in [2.75, 3.05) is 31.0 Å². The van der Waals surface area contributed by atoms with Gasteiger partial charge in [0.05, 0.1) is 19.0 Å². The van der Waals surface area contributed by atoms with Crippen molar-refractivity contribution in [2.24, 2.45) is 0 Å². The van der Waals surface area contributed by atoms with Gasteiger partial charge in [0.2, 0.25) is 5.75 Å². The Kier molecular flexibility index (Phi) is 9.64. The summed E-state index contributed by atoms with van der Waals surface area (Å²) in [5.74, 6) is 1.73. The van der Waals surface area contributed by atoms with Crippen LogP contribution in [-0.2, 0) is 27.4 Å². The molecule has 2 unspecified atom stereocenters. The number of carbonyl (C=O) groups is 1. The number of pyridine rings is 1. The Hall–Kier alpha value is -3.01. The standard InChI is InChI=1S/C27H39N3O6S/c1-7-21-17-20(12-15-37(6,32)33)8-9-23(21)29-26-25(34-5)24(10-13-28-26)36-22-11-14-30(19(4)16-22)27(31)35-18(2)3/h8-10,13,17-19,22H,7,11-12,14-16H2,1-6H3,(H,28,29). The lowest BCUT2D eigenvalue weighted by Gasteiger charge is -2.37. The van der Waals surface area contributed by atoms with Gasteiger partial charge < -0.3 is 24.4 Å². The third kappa shape index (κ3) is 7.99. The Balaban J connectivity index is 1.73. The lowest BCUT2D eigenvalue weighted by Crippen LogP contribution is -2.48. The molecule has 1 amide bonds. The topological polar surface area (TPSA) is 107 Å². The Morgan fingerprint density at radius 2 is 2.03 bits per heavy atom. The highest BCUT2D eigenvalue weighted by atomic mass is 32.2. The molecule has 2 atom stereocenters. The SMILES string of the molecule is CCc1cc(CCS(C)(=O)=O)ccc1Nc1nccc(OC2CCN(C(=O)OC(C)C)C(C)C2)c1OC. The average molecular weight is 534 g/mol. The summed E-state index contributed by atoms with van der Waals surface area (Å²) in [7, 11) is -1.44. The van der Waals surface area contributed by atoms with Crippen LogP contribution in [-0.4, -0.2) is 68.3 Å². The van der Waals surface area contributed by atoms with Gasteiger partial charge in [0.1, 0.15) is 15.9 Å². The van der Waals surface area contributed by atoms with Gasteiger partial charge in [-0.05, 0) is 50.8 Å². The summed E-state index contributed by atoms with van der Waals surface area (Å²) >= 11 is 0. The monoisotopic (exact) mass is 533 g/mol. The summed E-state index contributed by atoms with van der Waals surface area (Å²) in [5, 5.41) is 3.37. The van der Waals surface area contributed by atoms with Crippen LogP contribution in [0.2, 0.25) is 0 Å². The molecule has 2 aromatic rings. The van der Waals surface area contributed by atoms with E-state index in [9.17, 15) is 13.2 Å². The van der Waals surface area contributed by atoms with Gasteiger partial charge in [-0.25, -0.2) is 18.2 Å². The second-order valence-corrected chi connectivity index (χ2v) is 12.0. The molecular weight excluding hydrogens is 494 g/mol. The van der Waals surface area contributed by atoms with Crippen molar-refractivity contribution in [1.82, 2.24) is 9.88 Å². The minimum Gasteiger partial charge on any atom is -0.490 e. The van der Waals surface area contributed by atoms with Crippen LogP contribution in [0.25, 0.3) is 0 Å². The molecule has 1 N–H and O–H groups in total. The van der Waals surface area contributed by atoms with Crippen molar-refractivity contribution in [3.05, 3.63) is 41.6 Å². The first-order valence-electron chi connectivity index (χ1n) is 12.7. The fourth-order valence-corrected chi connectivity index (χ4v) is 5.02. The third-order valence-corrected chi connectivity index (χ3v) is 7.28. The van der Waals surface area contributed by atoms with E-state index in [-0.39, 0.29) is 30.1 Å². The molecule has 10 heteroatoms. The second kappa shape index (κ2) is 12.5. The van der Waals surface area contributed by atoms with E-state index in [4.69, 9.17) is 14.2 Å². The van der Waals surface area contributed by atoms with Crippen LogP contribution in [0, 0.1) is 0 Å². The van der Waals surface area contributed by atoms with E-state index in [0.717, 1.165) is 23.2 Å². The number of carbonyl (C=O) groups excluding carboxylic acids is 1. The summed E-state index contributed by atoms with van der Waals surface area (Å²) in [5.41, 5.74) is 2.90. The van der Waals surface area contributed by atoms with Gasteiger partial charge in [-0.15, -0.1) is 0 Å². The lowest BCUT2D eigenvalue weighted by atomic mass is 10.0. The summed E-state index contributed by atoms with van der Waals surface area (Å²) in [6, 6.07) is 7.67. The van der Waals surface area contributed by atoms with Crippen LogP contribution >= 0.6 is 0 Å². The molecule has 2 heterocycles. The van der Waals surface area contributed by atoms with Crippen LogP contribution < -0.4 is 14.8 Å². The number of hydrogen-bond donors (Lipinski definition) is 1. The van der Waals surface area contributed by atoms with E-state index in [1.54, 1.807) is 24.3 Å². The molecular formula is C27H39N3O6S. The number of aryl methyl sites for hydroxylation is 2. The maximum Gasteiger partial charge on any atom is 0.410 e. The molecule has 0 spiro atoms. The molecule has 37 heavy (non-hydrogen) atoms. The highest BCUT2D eigenvalue weighted by Gasteiger charge is 2.32. The van der Waals surface area contributed by atoms with Crippen molar-refractivity contribution in [1.29, 1.82) is 0 Å². The molecule has 0 saturated carbocycles. The number of anilines is 2. The molecule has 1 aliphatic heterocycles. The first-order chi connectivity index (χ1) is 17.5. The minimum atomic E-state index is -3.02. The number of nitrogens with one attached hydrogen (secondary N) is 1. The number of ether oxygens (including phenoxy) is 3. The molecule has 0 bridgehead atoms. The minimum absolute atomic E-state index is 0.0104. The van der Waals surface area contributed by atoms with Crippen LogP contribution in [0.1, 0.15) is 51.7 Å². The lowest BCUT2D eigenvalue weighted by molar-refractivity contribution is 0.0299. The number of sulfone groups is 1. The predicted molar refractivity (Wildman–Crippen MR) is 145 cm³/mol. The number of rotatable bonds is 10. The second-order valence-electron chi connectivity index (χ2n) is 9.78. The molecule has 0 radical (unpaired) electrons. The highest BCUT2D eigenvalue weighted by Crippen LogP contribution is 2.37. The molecule has 1 aromatic carbocycles. The Labute approximate surface area is 220 Å². The van der Waals surface area contributed by atoms with Gasteiger partial charge >= 0.3 is 6.09 Å². The zero-order valence-corrected chi connectivity index (χ0v) is 23.4. The Morgan fingerprint density at radius 3 is 2.65 bits per heavy atom. The van der Waals surface area contributed by atoms with Crippen molar-refractivity contribution in [2.45, 2.75) is 71.6 Å². The Morgan fingerprint density at radius 1 is 1.27 bits per heavy atom. The smallest absolute Gasteiger partial charge is 0.410 e. The number of piperidine rings is 1. The average Bonchev–Trinajstić information content (AvgIpc) is 2.82. The molecule has 3 rings (SSSR count). The maximum absolute atomic E-state index is 12.4. The van der Waals surface area contributed by atoms with Crippen molar-refractivity contribution < 1.29 is 27.4 Å². The normalized spacial score (nSPS) is 18.0. The summed E-state index contributed by atoms with van der Waals surface area (Å²) in [6.45, 7) is 8.30. The van der Waals surface area contributed by atoms with Gasteiger partial charge in [-0.3, -0.25) is 0 Å². The number of benzene rings is 1. The van der Waals surface area contributed by atoms with Gasteiger partial charge in [0.15, 0.2) is 11.6 Å².